The van der Waals surface area contributed by atoms with Gasteiger partial charge in [-0.2, -0.15) is 30.0 Å². The summed E-state index contributed by atoms with van der Waals surface area (Å²) in [7, 11) is -9.85. The molecule has 2 aromatic rings. The molecule has 218 valence electrons. The molecule has 0 aromatic heterocycles. The second-order valence-electron chi connectivity index (χ2n) is 9.77. The van der Waals surface area contributed by atoms with Crippen molar-refractivity contribution in [3.05, 3.63) is 59.7 Å². The molecule has 0 radical (unpaired) electrons. The molecule has 0 fully saturated rings. The molecule has 0 bridgehead atoms. The molecule has 2 N–H and O–H groups in total. The summed E-state index contributed by atoms with van der Waals surface area (Å²) in [6, 6.07) is 10.8. The van der Waals surface area contributed by atoms with Crippen LogP contribution in [0, 0.1) is 5.41 Å². The largest absolute Gasteiger partial charge is 0.516 e. The van der Waals surface area contributed by atoms with Crippen molar-refractivity contribution in [1.82, 2.24) is 4.72 Å². The van der Waals surface area contributed by atoms with Crippen molar-refractivity contribution in [3.63, 3.8) is 0 Å². The second kappa shape index (κ2) is 12.5. The van der Waals surface area contributed by atoms with E-state index in [1.165, 1.54) is 24.3 Å². The highest BCUT2D eigenvalue weighted by molar-refractivity contribution is 7.90. The van der Waals surface area contributed by atoms with E-state index in [0.717, 1.165) is 28.8 Å². The molecule has 0 spiro atoms. The van der Waals surface area contributed by atoms with Gasteiger partial charge in [-0.1, -0.05) is 39.8 Å². The highest BCUT2D eigenvalue weighted by Crippen LogP contribution is 2.27. The Balaban J connectivity index is 0.000000434. The van der Waals surface area contributed by atoms with Gasteiger partial charge in [0.25, 0.3) is 16.0 Å². The number of nitrogens with one attached hydrogen (secondary N) is 1. The van der Waals surface area contributed by atoms with E-state index >= 15 is 0 Å². The maximum absolute atomic E-state index is 12.2. The zero-order chi connectivity index (χ0) is 30.4. The third-order valence-electron chi connectivity index (χ3n) is 6.11. The van der Waals surface area contributed by atoms with Gasteiger partial charge in [0, 0.05) is 5.56 Å². The molecule has 0 heterocycles. The number of alkyl halides is 3. The lowest BCUT2D eigenvalue weighted by molar-refractivity contribution is -0.144. The van der Waals surface area contributed by atoms with Gasteiger partial charge in [0.15, 0.2) is 0 Å². The minimum atomic E-state index is -5.78. The van der Waals surface area contributed by atoms with Gasteiger partial charge >= 0.3 is 21.5 Å². The molecule has 2 rings (SSSR count). The number of sulfonamides is 1. The van der Waals surface area contributed by atoms with E-state index < -0.39 is 42.9 Å². The Bertz CT molecular complexity index is 1370. The van der Waals surface area contributed by atoms with Crippen LogP contribution < -0.4 is 9.46 Å². The molecule has 9 nitrogen and oxygen atoms in total. The van der Waals surface area contributed by atoms with Crippen LogP contribution in [0.2, 0.25) is 0 Å². The molecule has 1 amide bonds. The van der Waals surface area contributed by atoms with Crippen molar-refractivity contribution in [3.8, 4) is 5.75 Å². The van der Waals surface area contributed by atoms with E-state index in [2.05, 4.69) is 20.8 Å². The molecule has 39 heavy (non-hydrogen) atoms. The van der Waals surface area contributed by atoms with Gasteiger partial charge in [-0.3, -0.25) is 14.1 Å². The number of ether oxygens (including phenoxy) is 1. The highest BCUT2D eigenvalue weighted by atomic mass is 32.2. The van der Waals surface area contributed by atoms with Crippen LogP contribution in [0.5, 0.6) is 5.75 Å². The fraction of sp³-hybridized carbons (Fsp3) is 0.440. The smallest absolute Gasteiger partial charge is 0.426 e. The molecule has 14 heteroatoms. The van der Waals surface area contributed by atoms with Gasteiger partial charge in [-0.05, 0) is 74.1 Å². The third-order valence-corrected chi connectivity index (χ3v) is 8.04. The van der Waals surface area contributed by atoms with E-state index in [1.54, 1.807) is 32.9 Å². The quantitative estimate of drug-likeness (QED) is 0.240. The van der Waals surface area contributed by atoms with Crippen LogP contribution >= 0.6 is 0 Å². The fourth-order valence-corrected chi connectivity index (χ4v) is 3.54. The number of hydrogen-bond donors (Lipinski definition) is 2. The standard InChI is InChI=1S/C14H16F3NO5S.C11H16O3S/c1-4-13(2,3)12(20)23-10-7-5-9(6-8-10)11(19)18-24(21,22)14(15,16)17;1-4-11(2,3)9-5-7-10(8-6-9)15(12,13)14/h5-8H,4H2,1-3H3,(H,18,19);5-8H,4H2,1-3H3,(H,12,13,14). The number of carbonyl (C=O) groups is 2. The molecule has 2 aromatic carbocycles. The summed E-state index contributed by atoms with van der Waals surface area (Å²) >= 11 is 0. The van der Waals surface area contributed by atoms with Crippen molar-refractivity contribution in [2.75, 3.05) is 0 Å². The summed E-state index contributed by atoms with van der Waals surface area (Å²) in [4.78, 5) is 23.4. The zero-order valence-electron chi connectivity index (χ0n) is 22.3. The molecule has 0 aliphatic rings. The normalized spacial score (nSPS) is 12.7. The summed E-state index contributed by atoms with van der Waals surface area (Å²) in [5.41, 5.74) is -5.56. The van der Waals surface area contributed by atoms with E-state index in [-0.39, 0.29) is 21.6 Å². The lowest BCUT2D eigenvalue weighted by Gasteiger charge is -2.23. The van der Waals surface area contributed by atoms with Crippen molar-refractivity contribution in [1.29, 1.82) is 0 Å². The molecule has 0 unspecified atom stereocenters. The van der Waals surface area contributed by atoms with Gasteiger partial charge in [0.2, 0.25) is 0 Å². The van der Waals surface area contributed by atoms with Crippen LogP contribution in [-0.4, -0.2) is 38.8 Å². The summed E-state index contributed by atoms with van der Waals surface area (Å²) in [6.45, 7) is 11.4. The number of halogens is 3. The van der Waals surface area contributed by atoms with E-state index in [9.17, 15) is 39.6 Å². The third kappa shape index (κ3) is 9.62. The van der Waals surface area contributed by atoms with Crippen LogP contribution in [0.15, 0.2) is 53.4 Å². The average molecular weight is 596 g/mol. The van der Waals surface area contributed by atoms with E-state index in [0.29, 0.717) is 6.42 Å². The number of benzene rings is 2. The van der Waals surface area contributed by atoms with Gasteiger partial charge < -0.3 is 4.74 Å². The Kier molecular flexibility index (Phi) is 10.9. The van der Waals surface area contributed by atoms with Crippen molar-refractivity contribution >= 4 is 32.0 Å². The Morgan fingerprint density at radius 2 is 1.33 bits per heavy atom. The number of carbonyl (C=O) groups excluding carboxylic acids is 2. The minimum absolute atomic E-state index is 0.0255. The number of amides is 1. The molecule has 0 saturated heterocycles. The van der Waals surface area contributed by atoms with Gasteiger partial charge in [-0.15, -0.1) is 0 Å². The lowest BCUT2D eigenvalue weighted by atomic mass is 9.82. The summed E-state index contributed by atoms with van der Waals surface area (Å²) in [6.07, 6.45) is 1.50. The predicted octanol–water partition coefficient (Wildman–Crippen LogP) is 5.23. The minimum Gasteiger partial charge on any atom is -0.426 e. The Labute approximate surface area is 226 Å². The van der Waals surface area contributed by atoms with E-state index in [4.69, 9.17) is 9.29 Å². The zero-order valence-corrected chi connectivity index (χ0v) is 23.9. The maximum Gasteiger partial charge on any atom is 0.516 e. The second-order valence-corrected chi connectivity index (χ2v) is 12.9. The fourth-order valence-electron chi connectivity index (χ4n) is 2.58. The molecular formula is C25H32F3NO8S2. The van der Waals surface area contributed by atoms with Crippen molar-refractivity contribution in [2.24, 2.45) is 5.41 Å². The summed E-state index contributed by atoms with van der Waals surface area (Å²) in [5.74, 6) is -1.88. The lowest BCUT2D eigenvalue weighted by Crippen LogP contribution is -2.40. The van der Waals surface area contributed by atoms with E-state index in [1.807, 2.05) is 0 Å². The first-order chi connectivity index (χ1) is 17.6. The highest BCUT2D eigenvalue weighted by Gasteiger charge is 2.47. The molecular weight excluding hydrogens is 563 g/mol. The van der Waals surface area contributed by atoms with Gasteiger partial charge in [0.05, 0.1) is 10.3 Å². The van der Waals surface area contributed by atoms with Crippen LogP contribution in [-0.2, 0) is 30.4 Å². The van der Waals surface area contributed by atoms with Gasteiger partial charge in [0.1, 0.15) is 5.75 Å². The average Bonchev–Trinajstić information content (AvgIpc) is 2.83. The van der Waals surface area contributed by atoms with Crippen LogP contribution in [0.4, 0.5) is 13.2 Å². The molecule has 0 aliphatic carbocycles. The monoisotopic (exact) mass is 595 g/mol. The number of hydrogen-bond acceptors (Lipinski definition) is 7. The Morgan fingerprint density at radius 1 is 0.846 bits per heavy atom. The van der Waals surface area contributed by atoms with Crippen LogP contribution in [0.3, 0.4) is 0 Å². The number of esters is 1. The number of rotatable bonds is 8. The molecule has 0 saturated carbocycles. The Morgan fingerprint density at radius 3 is 1.72 bits per heavy atom. The molecule has 0 atom stereocenters. The van der Waals surface area contributed by atoms with Crippen molar-refractivity contribution in [2.45, 2.75) is 70.2 Å². The van der Waals surface area contributed by atoms with Crippen molar-refractivity contribution < 1.29 is 48.9 Å². The maximum atomic E-state index is 12.2. The first-order valence-corrected chi connectivity index (χ1v) is 14.5. The topological polar surface area (TPSA) is 144 Å². The first-order valence-electron chi connectivity index (χ1n) is 11.6. The summed E-state index contributed by atoms with van der Waals surface area (Å²) < 4.78 is 94.8. The SMILES string of the molecule is CCC(C)(C)C(=O)Oc1ccc(C(=O)NS(=O)(=O)C(F)(F)F)cc1.CCC(C)(C)c1ccc(S(=O)(=O)O)cc1. The van der Waals surface area contributed by atoms with Gasteiger partial charge in [-0.25, -0.2) is 4.72 Å². The first kappa shape index (κ1) is 34.1. The van der Waals surface area contributed by atoms with Crippen LogP contribution in [0.1, 0.15) is 70.3 Å². The van der Waals surface area contributed by atoms with Crippen LogP contribution in [0.25, 0.3) is 0 Å². The molecule has 0 aliphatic heterocycles. The predicted molar refractivity (Wildman–Crippen MR) is 138 cm³/mol. The summed E-state index contributed by atoms with van der Waals surface area (Å²) in [5, 5.41) is 0. The Hall–Kier alpha value is -2.97.